The molecule has 43 nitrogen and oxygen atoms in total. The monoisotopic (exact) mass is 2080 g/mol. The fourth-order valence-corrected chi connectivity index (χ4v) is 31.3. The Kier molecular flexibility index (Phi) is 37.9. The normalized spacial score (nSPS) is 51.4. The number of nitrogens with one attached hydrogen (secondary N) is 2. The van der Waals surface area contributed by atoms with E-state index in [1.54, 1.807) is 0 Å². The van der Waals surface area contributed by atoms with E-state index in [2.05, 4.69) is 52.2 Å². The van der Waals surface area contributed by atoms with Crippen molar-refractivity contribution in [3.8, 4) is 0 Å². The second-order valence-corrected chi connectivity index (χ2v) is 48.1. The number of carbonyl (C=O) groups is 2. The van der Waals surface area contributed by atoms with Gasteiger partial charge in [0.2, 0.25) is 11.8 Å². The van der Waals surface area contributed by atoms with Crippen molar-refractivity contribution >= 4 is 11.8 Å². The van der Waals surface area contributed by atoms with Gasteiger partial charge >= 0.3 is 0 Å². The molecule has 0 spiro atoms. The standard InChI is InChI=1S/C102H172N2O41/c1-44(55-13-15-57-53-11-9-49-30-51(19-23-98(49,3)59(53)21-25-100(55,57)5)137-62-29-48(34-107)90(82(125)76(62)119)139-63-27-46(32-105)71(114)79(122)74(63)117)7-17-69(112)103-40-102(42-135-93-86(129)78(121)68(39-134-93)144-94-85(128)73(116)61(111)38-133-94,43-136-95-88(131)83(126)91(66(36-109)142-95)140-64-28-47(33-106)72(115)80(123)75(64)118)41-104-70(113)18-8-45(2)56-14-16-58-54-12-10-50-31-52(20-24-99(50,4)60(54)22-26-101(56,58)6)138-96-89(132)84(127)92(67(37-110)143-96)145-97-87(130)81(124)77(120)65(35-108)141-97/h44-68,71-97,105-111,114-132H,7-43H2,1-6H3,(H,103,112)(H,104,113)/t44?,45?,46?,47?,48?,49?,50?,51?,52?,53?,54?,55?,56?,57?,58?,59?,60?,61-,62+,63-,64+,65?,66?,67?,68-,71+,72+,73?,74?,75+,76?,77-,78?,79-,80?,81?,82+,83?,84?,85+,86+,87+,88-,89+,90+,91+,92-,93+,94-,95+,96-,97-,98?,99?,100?,101?,102?/m0/s1. The van der Waals surface area contributed by atoms with Crippen LogP contribution in [0.3, 0.4) is 0 Å². The summed E-state index contributed by atoms with van der Waals surface area (Å²) in [6.45, 7) is 7.46. The number of hydrogen-bond donors (Lipinski definition) is 28. The van der Waals surface area contributed by atoms with E-state index in [4.69, 9.17) is 61.6 Å². The average Bonchev–Trinajstić information content (AvgIpc) is 1.60. The molecule has 0 aromatic heterocycles. The summed E-state index contributed by atoms with van der Waals surface area (Å²) >= 11 is 0. The van der Waals surface area contributed by atoms with Gasteiger partial charge in [0.25, 0.3) is 0 Å². The molecule has 5 saturated heterocycles. The van der Waals surface area contributed by atoms with Crippen LogP contribution in [0.4, 0.5) is 0 Å². The molecule has 57 atom stereocenters. The van der Waals surface area contributed by atoms with Crippen molar-refractivity contribution in [2.45, 2.75) is 429 Å². The third-order valence-electron chi connectivity index (χ3n) is 40.1. The minimum absolute atomic E-state index is 0.00189. The van der Waals surface area contributed by atoms with Gasteiger partial charge in [0.05, 0.1) is 100 Å². The van der Waals surface area contributed by atoms with Crippen LogP contribution < -0.4 is 10.6 Å². The number of rotatable bonds is 36. The molecule has 5 aliphatic heterocycles. The van der Waals surface area contributed by atoms with Crippen molar-refractivity contribution < 1.29 is 204 Å². The van der Waals surface area contributed by atoms with E-state index >= 15 is 9.59 Å². The summed E-state index contributed by atoms with van der Waals surface area (Å²) in [6, 6.07) is 0. The zero-order valence-corrected chi connectivity index (χ0v) is 84.4. The molecule has 16 aliphatic rings. The van der Waals surface area contributed by atoms with Gasteiger partial charge in [-0.25, -0.2) is 0 Å². The zero-order valence-electron chi connectivity index (χ0n) is 84.4. The Bertz CT molecular complexity index is 3920. The molecule has 5 heterocycles. The van der Waals surface area contributed by atoms with E-state index in [0.29, 0.717) is 67.1 Å². The summed E-state index contributed by atoms with van der Waals surface area (Å²) in [5, 5.41) is 290. The number of fused-ring (bicyclic) bond motifs is 10. The Morgan fingerprint density at radius 3 is 1.23 bits per heavy atom. The van der Waals surface area contributed by atoms with Gasteiger partial charge in [0, 0.05) is 63.5 Å². The van der Waals surface area contributed by atoms with Crippen LogP contribution in [0.15, 0.2) is 0 Å². The van der Waals surface area contributed by atoms with E-state index in [0.717, 1.165) is 103 Å². The molecule has 0 bridgehead atoms. The summed E-state index contributed by atoms with van der Waals surface area (Å²) in [4.78, 5) is 30.0. The molecule has 43 heteroatoms. The zero-order chi connectivity index (χ0) is 104. The molecule has 11 aliphatic carbocycles. The van der Waals surface area contributed by atoms with Gasteiger partial charge in [0.15, 0.2) is 31.5 Å². The lowest BCUT2D eigenvalue weighted by Crippen LogP contribution is -2.65. The third kappa shape index (κ3) is 23.0. The molecule has 0 aromatic rings. The molecule has 28 N–H and O–H groups in total. The van der Waals surface area contributed by atoms with Gasteiger partial charge in [0.1, 0.15) is 146 Å². The third-order valence-corrected chi connectivity index (χ3v) is 40.1. The van der Waals surface area contributed by atoms with Crippen molar-refractivity contribution in [1.82, 2.24) is 10.6 Å². The summed E-state index contributed by atoms with van der Waals surface area (Å²) in [5.41, 5.74) is -1.83. The van der Waals surface area contributed by atoms with E-state index in [9.17, 15) is 133 Å². The minimum Gasteiger partial charge on any atom is -0.396 e. The van der Waals surface area contributed by atoms with Crippen LogP contribution in [0.5, 0.6) is 0 Å². The van der Waals surface area contributed by atoms with Crippen LogP contribution in [0.2, 0.25) is 0 Å². The first-order chi connectivity index (χ1) is 68.9. The Hall–Kier alpha value is -2.62. The fourth-order valence-electron chi connectivity index (χ4n) is 31.3. The van der Waals surface area contributed by atoms with Crippen LogP contribution in [0.1, 0.15) is 202 Å². The van der Waals surface area contributed by atoms with Gasteiger partial charge in [-0.3, -0.25) is 9.59 Å². The van der Waals surface area contributed by atoms with Crippen molar-refractivity contribution in [1.29, 1.82) is 0 Å². The van der Waals surface area contributed by atoms with E-state index in [-0.39, 0.29) is 115 Å². The summed E-state index contributed by atoms with van der Waals surface area (Å²) < 4.78 is 79.5. The van der Waals surface area contributed by atoms with Gasteiger partial charge in [-0.1, -0.05) is 41.5 Å². The van der Waals surface area contributed by atoms with Crippen LogP contribution in [-0.2, 0) is 71.2 Å². The number of hydrogen-bond acceptors (Lipinski definition) is 41. The predicted molar refractivity (Wildman–Crippen MR) is 501 cm³/mol. The topological polar surface area (TPSA) is 704 Å². The molecule has 16 fully saturated rings. The molecule has 0 aromatic carbocycles. The molecule has 16 rings (SSSR count). The number of aliphatic hydroxyl groups is 26. The van der Waals surface area contributed by atoms with E-state index < -0.39 is 310 Å². The lowest BCUT2D eigenvalue weighted by atomic mass is 9.44. The van der Waals surface area contributed by atoms with Crippen LogP contribution >= 0.6 is 0 Å². The number of amides is 2. The summed E-state index contributed by atoms with van der Waals surface area (Å²) in [7, 11) is 0. The Balaban J connectivity index is 0.575. The fraction of sp³-hybridized carbons (Fsp3) is 0.980. The average molecular weight is 2080 g/mol. The van der Waals surface area contributed by atoms with Crippen LogP contribution in [0.25, 0.3) is 0 Å². The maximum Gasteiger partial charge on any atom is 0.220 e. The van der Waals surface area contributed by atoms with Crippen molar-refractivity contribution in [3.63, 3.8) is 0 Å². The molecule has 11 saturated carbocycles. The molecule has 836 valence electrons. The van der Waals surface area contributed by atoms with Crippen molar-refractivity contribution in [2.75, 3.05) is 79.2 Å². The van der Waals surface area contributed by atoms with Gasteiger partial charge in [-0.05, 0) is 240 Å². The maximum atomic E-state index is 15.0. The molecule has 0 radical (unpaired) electrons. The molecular formula is C102H172N2O41. The lowest BCUT2D eigenvalue weighted by Gasteiger charge is -2.61. The largest absolute Gasteiger partial charge is 0.396 e. The van der Waals surface area contributed by atoms with Crippen LogP contribution in [-0.4, -0.2) is 451 Å². The quantitative estimate of drug-likeness (QED) is 0.0261. The Morgan fingerprint density at radius 1 is 0.331 bits per heavy atom. The highest BCUT2D eigenvalue weighted by Crippen LogP contribution is 2.71. The number of aliphatic hydroxyl groups excluding tert-OH is 26. The molecular weight excluding hydrogens is 1910 g/mol. The summed E-state index contributed by atoms with van der Waals surface area (Å²) in [6.07, 6.45) is -38.2. The van der Waals surface area contributed by atoms with Crippen molar-refractivity contribution in [3.05, 3.63) is 0 Å². The first-order valence-electron chi connectivity index (χ1n) is 54.1. The van der Waals surface area contributed by atoms with Crippen molar-refractivity contribution in [2.24, 2.45) is 116 Å². The highest BCUT2D eigenvalue weighted by Gasteiger charge is 2.66. The van der Waals surface area contributed by atoms with E-state index in [1.165, 1.54) is 0 Å². The highest BCUT2D eigenvalue weighted by atomic mass is 16.8. The van der Waals surface area contributed by atoms with E-state index in [1.807, 2.05) is 0 Å². The highest BCUT2D eigenvalue weighted by molar-refractivity contribution is 5.76. The smallest absolute Gasteiger partial charge is 0.220 e. The molecule has 2 amide bonds. The Labute approximate surface area is 846 Å². The number of carbonyl (C=O) groups excluding carboxylic acids is 2. The van der Waals surface area contributed by atoms with Gasteiger partial charge < -0.3 is 205 Å². The SMILES string of the molecule is CC(CCC(=O)NCC(CNC(=O)CCC(C)C1CCC2C3CCC4CC(O[C@@H]5CC(CO)[C@@H](O[C@H]6CC(CO)[C@@H](O)[C@H](O)C6O)[C@H](O)C5O)CCC4(C)C3CCC12C)(CO[C@H]1OC[C@H](O[C@@H]2OC[C@H](O)C(O)[C@H]2O)C(O)[C@H]1O)CO[C@@H]1OC(CO)[C@@H](O[C@@H]2CC(CO)[C@@H](O)C(O)[C@@H]2O)C(O)[C@@H]1O)C1CCC2C3CCC4CC(O[C@H]5OC(CO)[C@H](O[C@@H]6OC(CO)[C@H](O)C(O)[C@H]6O)C(O)[C@H]5O)CCC4(C)C3CCC12C. The minimum atomic E-state index is -2.00. The first kappa shape index (κ1) is 115. The lowest BCUT2D eigenvalue weighted by molar-refractivity contribution is -0.364. The summed E-state index contributed by atoms with van der Waals surface area (Å²) in [5.74, 6) is 0.475. The molecule has 145 heavy (non-hydrogen) atoms. The van der Waals surface area contributed by atoms with Gasteiger partial charge in [-0.15, -0.1) is 0 Å². The second kappa shape index (κ2) is 47.8. The Morgan fingerprint density at radius 2 is 0.717 bits per heavy atom. The maximum absolute atomic E-state index is 15.0. The first-order valence-corrected chi connectivity index (χ1v) is 54.1. The van der Waals surface area contributed by atoms with Crippen LogP contribution in [0, 0.1) is 116 Å². The van der Waals surface area contributed by atoms with Gasteiger partial charge in [-0.2, -0.15) is 0 Å². The molecule has 33 unspecified atom stereocenters. The predicted octanol–water partition coefficient (Wildman–Crippen LogP) is -5.08. The number of ether oxygens (including phenoxy) is 13. The second-order valence-electron chi connectivity index (χ2n) is 48.1.